The summed E-state index contributed by atoms with van der Waals surface area (Å²) in [7, 11) is 3.46. The Balaban J connectivity index is 1.98. The first kappa shape index (κ1) is 16.7. The Labute approximate surface area is 152 Å². The van der Waals surface area contributed by atoms with Crippen molar-refractivity contribution in [3.05, 3.63) is 64.7 Å². The van der Waals surface area contributed by atoms with Crippen molar-refractivity contribution in [3.8, 4) is 5.75 Å². The van der Waals surface area contributed by atoms with Gasteiger partial charge in [0.05, 0.1) is 18.9 Å². The number of hydrogen-bond acceptors (Lipinski definition) is 3. The van der Waals surface area contributed by atoms with Crippen LogP contribution in [0.1, 0.15) is 23.6 Å². The molecule has 0 aromatic heterocycles. The Morgan fingerprint density at radius 1 is 1.29 bits per heavy atom. The van der Waals surface area contributed by atoms with Crippen molar-refractivity contribution in [2.75, 3.05) is 14.2 Å². The van der Waals surface area contributed by atoms with Crippen molar-refractivity contribution in [1.82, 2.24) is 10.3 Å². The van der Waals surface area contributed by atoms with Crippen LogP contribution in [0, 0.1) is 0 Å². The third-order valence-corrected chi connectivity index (χ3v) is 4.72. The highest BCUT2D eigenvalue weighted by Gasteiger charge is 2.31. The third-order valence-electron chi connectivity index (χ3n) is 4.00. The van der Waals surface area contributed by atoms with Gasteiger partial charge in [-0.3, -0.25) is 0 Å². The lowest BCUT2D eigenvalue weighted by Gasteiger charge is -2.24. The van der Waals surface area contributed by atoms with Crippen LogP contribution in [0.5, 0.6) is 5.75 Å². The number of methoxy groups -OCH3 is 1. The molecule has 1 atom stereocenters. The summed E-state index contributed by atoms with van der Waals surface area (Å²) >= 11 is 11.8. The van der Waals surface area contributed by atoms with Crippen molar-refractivity contribution in [1.29, 1.82) is 0 Å². The molecular weight excluding hydrogens is 342 g/mol. The van der Waals surface area contributed by atoms with Gasteiger partial charge in [0.15, 0.2) is 5.11 Å². The van der Waals surface area contributed by atoms with Crippen molar-refractivity contribution < 1.29 is 4.74 Å². The maximum Gasteiger partial charge on any atom is 0.189 e. The van der Waals surface area contributed by atoms with Crippen LogP contribution in [0.25, 0.3) is 0 Å². The highest BCUT2D eigenvalue weighted by Crippen LogP contribution is 2.35. The molecule has 1 aliphatic rings. The van der Waals surface area contributed by atoms with Gasteiger partial charge in [0.25, 0.3) is 0 Å². The zero-order valence-electron chi connectivity index (χ0n) is 13.5. The summed E-state index contributed by atoms with van der Waals surface area (Å²) in [6, 6.07) is 15.7. The smallest absolute Gasteiger partial charge is 0.189 e. The lowest BCUT2D eigenvalue weighted by atomic mass is 9.98. The summed E-state index contributed by atoms with van der Waals surface area (Å²) in [5, 5.41) is 10.8. The molecule has 24 heavy (non-hydrogen) atoms. The highest BCUT2D eigenvalue weighted by atomic mass is 35.5. The van der Waals surface area contributed by atoms with Crippen molar-refractivity contribution in [2.45, 2.75) is 12.5 Å². The molecule has 2 aromatic carbocycles. The molecule has 0 spiro atoms. The lowest BCUT2D eigenvalue weighted by molar-refractivity contribution is 0.363. The standard InChI is InChI=1S/C18H18ClN3OS/c1-20-18(24)22-17(12-6-5-7-13(10-12)23-2)11-16(21-22)14-8-3-4-9-15(14)19/h3-10,17H,11H2,1-2H3,(H,20,24)/t17-/m0/s1. The molecule has 2 aromatic rings. The molecular formula is C18H18ClN3OS. The van der Waals surface area contributed by atoms with E-state index in [4.69, 9.17) is 33.7 Å². The van der Waals surface area contributed by atoms with Gasteiger partial charge in [0.1, 0.15) is 5.75 Å². The molecule has 0 amide bonds. The predicted octanol–water partition coefficient (Wildman–Crippen LogP) is 4.00. The molecule has 4 nitrogen and oxygen atoms in total. The quantitative estimate of drug-likeness (QED) is 0.840. The molecule has 3 rings (SSSR count). The van der Waals surface area contributed by atoms with Gasteiger partial charge in [-0.15, -0.1) is 0 Å². The average molecular weight is 360 g/mol. The Hall–Kier alpha value is -2.11. The summed E-state index contributed by atoms with van der Waals surface area (Å²) < 4.78 is 5.34. The first-order chi connectivity index (χ1) is 11.6. The first-order valence-corrected chi connectivity index (χ1v) is 8.40. The van der Waals surface area contributed by atoms with E-state index in [0.717, 1.165) is 29.0 Å². The van der Waals surface area contributed by atoms with Gasteiger partial charge in [0.2, 0.25) is 0 Å². The summed E-state index contributed by atoms with van der Waals surface area (Å²) in [4.78, 5) is 0. The van der Waals surface area contributed by atoms with Crippen LogP contribution in [0.4, 0.5) is 0 Å². The van der Waals surface area contributed by atoms with E-state index < -0.39 is 0 Å². The molecule has 0 radical (unpaired) electrons. The molecule has 124 valence electrons. The van der Waals surface area contributed by atoms with Gasteiger partial charge in [-0.1, -0.05) is 41.9 Å². The number of rotatable bonds is 3. The number of nitrogens with zero attached hydrogens (tertiary/aromatic N) is 2. The third kappa shape index (κ3) is 3.23. The number of nitrogens with one attached hydrogen (secondary N) is 1. The normalized spacial score (nSPS) is 16.7. The maximum atomic E-state index is 6.34. The first-order valence-electron chi connectivity index (χ1n) is 7.61. The van der Waals surface area contributed by atoms with Gasteiger partial charge in [-0.05, 0) is 36.0 Å². The topological polar surface area (TPSA) is 36.9 Å². The molecule has 1 aliphatic heterocycles. The number of ether oxygens (including phenoxy) is 1. The monoisotopic (exact) mass is 359 g/mol. The van der Waals surface area contributed by atoms with Crippen LogP contribution in [-0.2, 0) is 0 Å². The largest absolute Gasteiger partial charge is 0.497 e. The van der Waals surface area contributed by atoms with E-state index in [1.807, 2.05) is 47.5 Å². The molecule has 6 heteroatoms. The van der Waals surface area contributed by atoms with Crippen molar-refractivity contribution in [2.24, 2.45) is 5.10 Å². The molecule has 0 saturated heterocycles. The molecule has 0 bridgehead atoms. The van der Waals surface area contributed by atoms with Gasteiger partial charge >= 0.3 is 0 Å². The van der Waals surface area contributed by atoms with E-state index in [9.17, 15) is 0 Å². The predicted molar refractivity (Wildman–Crippen MR) is 102 cm³/mol. The molecule has 1 N–H and O–H groups in total. The number of thiocarbonyl (C=S) groups is 1. The lowest BCUT2D eigenvalue weighted by Crippen LogP contribution is -2.34. The number of hydrazone groups is 1. The van der Waals surface area contributed by atoms with E-state index in [0.29, 0.717) is 10.1 Å². The van der Waals surface area contributed by atoms with Gasteiger partial charge in [0, 0.05) is 24.1 Å². The Bertz CT molecular complexity index is 793. The number of halogens is 1. The molecule has 1 heterocycles. The second-order valence-electron chi connectivity index (χ2n) is 5.42. The van der Waals surface area contributed by atoms with Gasteiger partial charge in [-0.25, -0.2) is 5.01 Å². The van der Waals surface area contributed by atoms with E-state index in [1.54, 1.807) is 14.2 Å². The number of hydrogen-bond donors (Lipinski definition) is 1. The van der Waals surface area contributed by atoms with Crippen LogP contribution in [0.15, 0.2) is 53.6 Å². The fourth-order valence-electron chi connectivity index (χ4n) is 2.78. The summed E-state index contributed by atoms with van der Waals surface area (Å²) in [6.07, 6.45) is 0.721. The maximum absolute atomic E-state index is 6.34. The van der Waals surface area contributed by atoms with Crippen LogP contribution in [-0.4, -0.2) is 30.0 Å². The summed E-state index contributed by atoms with van der Waals surface area (Å²) in [5.74, 6) is 0.814. The average Bonchev–Trinajstić information content (AvgIpc) is 3.06. The Kier molecular flexibility index (Phi) is 5.02. The second-order valence-corrected chi connectivity index (χ2v) is 6.22. The molecule has 0 aliphatic carbocycles. The molecule has 0 unspecified atom stereocenters. The van der Waals surface area contributed by atoms with E-state index in [-0.39, 0.29) is 6.04 Å². The minimum atomic E-state index is 0.00585. The minimum Gasteiger partial charge on any atom is -0.497 e. The van der Waals surface area contributed by atoms with Gasteiger partial charge in [-0.2, -0.15) is 5.10 Å². The number of benzene rings is 2. The van der Waals surface area contributed by atoms with Crippen LogP contribution in [0.3, 0.4) is 0 Å². The van der Waals surface area contributed by atoms with Gasteiger partial charge < -0.3 is 10.1 Å². The SMILES string of the molecule is CNC(=S)N1N=C(c2ccccc2Cl)C[C@H]1c1cccc(OC)c1. The highest BCUT2D eigenvalue weighted by molar-refractivity contribution is 7.80. The van der Waals surface area contributed by atoms with Crippen molar-refractivity contribution in [3.63, 3.8) is 0 Å². The fraction of sp³-hybridized carbons (Fsp3) is 0.222. The zero-order chi connectivity index (χ0) is 17.1. The van der Waals surface area contributed by atoms with E-state index in [1.165, 1.54) is 0 Å². The van der Waals surface area contributed by atoms with Crippen LogP contribution in [0.2, 0.25) is 5.02 Å². The van der Waals surface area contributed by atoms with Crippen LogP contribution >= 0.6 is 23.8 Å². The fourth-order valence-corrected chi connectivity index (χ4v) is 3.19. The summed E-state index contributed by atoms with van der Waals surface area (Å²) in [6.45, 7) is 0. The van der Waals surface area contributed by atoms with Crippen LogP contribution < -0.4 is 10.1 Å². The zero-order valence-corrected chi connectivity index (χ0v) is 15.1. The second kappa shape index (κ2) is 7.20. The van der Waals surface area contributed by atoms with Crippen molar-refractivity contribution >= 4 is 34.6 Å². The molecule has 0 saturated carbocycles. The van der Waals surface area contributed by atoms with E-state index in [2.05, 4.69) is 11.4 Å². The van der Waals surface area contributed by atoms with E-state index >= 15 is 0 Å². The molecule has 0 fully saturated rings. The Morgan fingerprint density at radius 3 is 2.79 bits per heavy atom. The minimum absolute atomic E-state index is 0.00585. The summed E-state index contributed by atoms with van der Waals surface area (Å²) in [5.41, 5.74) is 2.96. The Morgan fingerprint density at radius 2 is 2.08 bits per heavy atom.